The van der Waals surface area contributed by atoms with E-state index in [0.717, 1.165) is 32.1 Å². The van der Waals surface area contributed by atoms with Crippen molar-refractivity contribution in [2.45, 2.75) is 111 Å². The first-order chi connectivity index (χ1) is 11.5. The van der Waals surface area contributed by atoms with Gasteiger partial charge in [0.25, 0.3) is 0 Å². The van der Waals surface area contributed by atoms with Crippen molar-refractivity contribution in [3.8, 4) is 0 Å². The average molecular weight is 339 g/mol. The molecule has 0 aromatic rings. The zero-order valence-electron chi connectivity index (χ0n) is 16.8. The van der Waals surface area contributed by atoms with Crippen LogP contribution in [0.3, 0.4) is 0 Å². The molecule has 0 amide bonds. The highest BCUT2D eigenvalue weighted by Gasteiger charge is 2.17. The van der Waals surface area contributed by atoms with Gasteiger partial charge in [0.1, 0.15) is 0 Å². The lowest BCUT2D eigenvalue weighted by Crippen LogP contribution is -2.15. The topological polar surface area (TPSA) is 37.3 Å². The van der Waals surface area contributed by atoms with Crippen LogP contribution in [0.25, 0.3) is 0 Å². The molecule has 2 unspecified atom stereocenters. The van der Waals surface area contributed by atoms with E-state index in [-0.39, 0.29) is 5.92 Å². The summed E-state index contributed by atoms with van der Waals surface area (Å²) in [5.41, 5.74) is 1.38. The van der Waals surface area contributed by atoms with E-state index in [4.69, 9.17) is 0 Å². The molecule has 142 valence electrons. The fourth-order valence-corrected chi connectivity index (χ4v) is 3.20. The Morgan fingerprint density at radius 1 is 0.875 bits per heavy atom. The second kappa shape index (κ2) is 15.7. The summed E-state index contributed by atoms with van der Waals surface area (Å²) in [5, 5.41) is 9.43. The van der Waals surface area contributed by atoms with E-state index in [1.807, 2.05) is 0 Å². The van der Waals surface area contributed by atoms with Crippen molar-refractivity contribution in [2.75, 3.05) is 0 Å². The van der Waals surface area contributed by atoms with Crippen LogP contribution in [0, 0.1) is 11.8 Å². The largest absolute Gasteiger partial charge is 0.481 e. The Morgan fingerprint density at radius 3 is 2.00 bits per heavy atom. The Balaban J connectivity index is 3.77. The van der Waals surface area contributed by atoms with Gasteiger partial charge in [-0.25, -0.2) is 0 Å². The number of carboxylic acid groups (broad SMARTS) is 1. The predicted molar refractivity (Wildman–Crippen MR) is 105 cm³/mol. The van der Waals surface area contributed by atoms with E-state index < -0.39 is 5.97 Å². The summed E-state index contributed by atoms with van der Waals surface area (Å²) in [6.07, 6.45) is 17.6. The molecule has 2 atom stereocenters. The maximum atomic E-state index is 11.4. The van der Waals surface area contributed by atoms with Crippen LogP contribution in [0.1, 0.15) is 111 Å². The SMILES string of the molecule is CCCCCCCCCCC(CCC(C)CCC=C(C)C)C(=O)O. The molecule has 0 heterocycles. The normalized spacial score (nSPS) is 13.5. The van der Waals surface area contributed by atoms with Crippen LogP contribution in [-0.4, -0.2) is 11.1 Å². The monoisotopic (exact) mass is 338 g/mol. The van der Waals surface area contributed by atoms with E-state index >= 15 is 0 Å². The van der Waals surface area contributed by atoms with Crippen molar-refractivity contribution in [3.63, 3.8) is 0 Å². The molecule has 0 bridgehead atoms. The van der Waals surface area contributed by atoms with Crippen LogP contribution >= 0.6 is 0 Å². The number of carboxylic acids is 1. The fraction of sp³-hybridized carbons (Fsp3) is 0.864. The second-order valence-corrected chi connectivity index (χ2v) is 7.84. The Labute approximate surface area is 151 Å². The zero-order valence-corrected chi connectivity index (χ0v) is 16.8. The molecule has 2 heteroatoms. The molecule has 0 spiro atoms. The van der Waals surface area contributed by atoms with Gasteiger partial charge in [-0.1, -0.05) is 76.9 Å². The lowest BCUT2D eigenvalue weighted by molar-refractivity contribution is -0.142. The quantitative estimate of drug-likeness (QED) is 0.235. The third-order valence-corrected chi connectivity index (χ3v) is 4.98. The van der Waals surface area contributed by atoms with Gasteiger partial charge < -0.3 is 5.11 Å². The Hall–Kier alpha value is -0.790. The molecule has 2 nitrogen and oxygen atoms in total. The molecule has 0 fully saturated rings. The zero-order chi connectivity index (χ0) is 18.2. The number of aliphatic carboxylic acids is 1. The van der Waals surface area contributed by atoms with Crippen molar-refractivity contribution in [1.82, 2.24) is 0 Å². The number of hydrogen-bond acceptors (Lipinski definition) is 1. The maximum absolute atomic E-state index is 11.4. The van der Waals surface area contributed by atoms with Crippen molar-refractivity contribution in [3.05, 3.63) is 11.6 Å². The summed E-state index contributed by atoms with van der Waals surface area (Å²) in [6, 6.07) is 0. The van der Waals surface area contributed by atoms with E-state index in [1.54, 1.807) is 0 Å². The van der Waals surface area contributed by atoms with Gasteiger partial charge in [-0.15, -0.1) is 0 Å². The van der Waals surface area contributed by atoms with Gasteiger partial charge in [-0.3, -0.25) is 4.79 Å². The number of rotatable bonds is 16. The lowest BCUT2D eigenvalue weighted by Gasteiger charge is -2.15. The Morgan fingerprint density at radius 2 is 1.46 bits per heavy atom. The predicted octanol–water partition coefficient (Wildman–Crippen LogP) is 7.38. The lowest BCUT2D eigenvalue weighted by atomic mass is 9.90. The van der Waals surface area contributed by atoms with Crippen LogP contribution in [-0.2, 0) is 4.79 Å². The summed E-state index contributed by atoms with van der Waals surface area (Å²) in [6.45, 7) is 8.77. The Bertz CT molecular complexity index is 329. The van der Waals surface area contributed by atoms with E-state index in [0.29, 0.717) is 5.92 Å². The molecule has 0 rings (SSSR count). The van der Waals surface area contributed by atoms with Gasteiger partial charge in [0.05, 0.1) is 5.92 Å². The summed E-state index contributed by atoms with van der Waals surface area (Å²) >= 11 is 0. The van der Waals surface area contributed by atoms with Gasteiger partial charge in [0, 0.05) is 0 Å². The maximum Gasteiger partial charge on any atom is 0.306 e. The number of unbranched alkanes of at least 4 members (excludes halogenated alkanes) is 7. The number of carbonyl (C=O) groups is 1. The molecule has 0 aromatic heterocycles. The first-order valence-electron chi connectivity index (χ1n) is 10.3. The van der Waals surface area contributed by atoms with Crippen molar-refractivity contribution in [2.24, 2.45) is 11.8 Å². The van der Waals surface area contributed by atoms with Gasteiger partial charge in [-0.2, -0.15) is 0 Å². The fourth-order valence-electron chi connectivity index (χ4n) is 3.20. The molecular formula is C22H42O2. The first-order valence-corrected chi connectivity index (χ1v) is 10.3. The van der Waals surface area contributed by atoms with Crippen LogP contribution < -0.4 is 0 Å². The minimum atomic E-state index is -0.588. The highest BCUT2D eigenvalue weighted by Crippen LogP contribution is 2.22. The molecule has 0 radical (unpaired) electrons. The highest BCUT2D eigenvalue weighted by molar-refractivity contribution is 5.69. The minimum absolute atomic E-state index is 0.129. The molecule has 0 saturated heterocycles. The molecule has 0 saturated carbocycles. The van der Waals surface area contributed by atoms with E-state index in [9.17, 15) is 9.90 Å². The summed E-state index contributed by atoms with van der Waals surface area (Å²) in [4.78, 5) is 11.4. The smallest absolute Gasteiger partial charge is 0.306 e. The number of allylic oxidation sites excluding steroid dienone is 2. The number of hydrogen-bond donors (Lipinski definition) is 1. The van der Waals surface area contributed by atoms with Crippen LogP contribution in [0.5, 0.6) is 0 Å². The second-order valence-electron chi connectivity index (χ2n) is 7.84. The van der Waals surface area contributed by atoms with Gasteiger partial charge in [0.15, 0.2) is 0 Å². The molecule has 1 N–H and O–H groups in total. The molecule has 24 heavy (non-hydrogen) atoms. The third-order valence-electron chi connectivity index (χ3n) is 4.98. The standard InChI is InChI=1S/C22H42O2/c1-5-6-7-8-9-10-11-12-16-21(22(23)24)18-17-20(4)15-13-14-19(2)3/h14,20-21H,5-13,15-18H2,1-4H3,(H,23,24). The molecule has 0 aliphatic rings. The van der Waals surface area contributed by atoms with Gasteiger partial charge in [0.2, 0.25) is 0 Å². The third kappa shape index (κ3) is 14.8. The summed E-state index contributed by atoms with van der Waals surface area (Å²) in [7, 11) is 0. The average Bonchev–Trinajstić information content (AvgIpc) is 2.52. The van der Waals surface area contributed by atoms with Gasteiger partial charge >= 0.3 is 5.97 Å². The Kier molecular flexibility index (Phi) is 15.2. The van der Waals surface area contributed by atoms with E-state index in [1.165, 1.54) is 56.9 Å². The molecule has 0 aliphatic heterocycles. The summed E-state index contributed by atoms with van der Waals surface area (Å²) in [5.74, 6) is -0.0912. The molecule has 0 aromatic carbocycles. The van der Waals surface area contributed by atoms with Crippen molar-refractivity contribution in [1.29, 1.82) is 0 Å². The van der Waals surface area contributed by atoms with Crippen LogP contribution in [0.2, 0.25) is 0 Å². The molecule has 0 aliphatic carbocycles. The van der Waals surface area contributed by atoms with Gasteiger partial charge in [-0.05, 0) is 51.9 Å². The molecular weight excluding hydrogens is 296 g/mol. The summed E-state index contributed by atoms with van der Waals surface area (Å²) < 4.78 is 0. The van der Waals surface area contributed by atoms with Crippen LogP contribution in [0.15, 0.2) is 11.6 Å². The van der Waals surface area contributed by atoms with Crippen molar-refractivity contribution >= 4 is 5.97 Å². The van der Waals surface area contributed by atoms with Crippen LogP contribution in [0.4, 0.5) is 0 Å². The van der Waals surface area contributed by atoms with Crippen molar-refractivity contribution < 1.29 is 9.90 Å². The van der Waals surface area contributed by atoms with E-state index in [2.05, 4.69) is 33.8 Å². The highest BCUT2D eigenvalue weighted by atomic mass is 16.4. The first kappa shape index (κ1) is 23.2. The minimum Gasteiger partial charge on any atom is -0.481 e.